The van der Waals surface area contributed by atoms with Crippen LogP contribution in [-0.2, 0) is 16.0 Å². The Morgan fingerprint density at radius 1 is 1.33 bits per heavy atom. The number of amides is 1. The lowest BCUT2D eigenvalue weighted by Gasteiger charge is -2.15. The van der Waals surface area contributed by atoms with Crippen LogP contribution in [0.15, 0.2) is 24.3 Å². The standard InChI is InChI=1S/C13H16FNO3/c1-8(12(16)15-9(2)13(17)18)7-10-5-3-4-6-11(10)14/h3-6,8-9H,7H2,1-2H3,(H,15,16)(H,17,18)/t8?,9-/m1/s1. The van der Waals surface area contributed by atoms with Crippen molar-refractivity contribution in [2.24, 2.45) is 5.92 Å². The predicted octanol–water partition coefficient (Wildman–Crippen LogP) is 1.59. The van der Waals surface area contributed by atoms with Crippen LogP contribution in [0.2, 0.25) is 0 Å². The molecule has 0 aliphatic carbocycles. The lowest BCUT2D eigenvalue weighted by atomic mass is 9.99. The number of rotatable bonds is 5. The molecule has 5 heteroatoms. The summed E-state index contributed by atoms with van der Waals surface area (Å²) >= 11 is 0. The van der Waals surface area contributed by atoms with E-state index in [0.717, 1.165) is 0 Å². The molecule has 0 radical (unpaired) electrons. The quantitative estimate of drug-likeness (QED) is 0.837. The lowest BCUT2D eigenvalue weighted by molar-refractivity contribution is -0.141. The van der Waals surface area contributed by atoms with E-state index in [1.807, 2.05) is 0 Å². The maximum absolute atomic E-state index is 13.4. The van der Waals surface area contributed by atoms with Crippen molar-refractivity contribution in [3.63, 3.8) is 0 Å². The number of carboxylic acids is 1. The zero-order valence-electron chi connectivity index (χ0n) is 10.3. The molecule has 18 heavy (non-hydrogen) atoms. The van der Waals surface area contributed by atoms with E-state index in [9.17, 15) is 14.0 Å². The van der Waals surface area contributed by atoms with Crippen LogP contribution in [0.5, 0.6) is 0 Å². The van der Waals surface area contributed by atoms with E-state index < -0.39 is 23.8 Å². The summed E-state index contributed by atoms with van der Waals surface area (Å²) in [5.74, 6) is -2.33. The summed E-state index contributed by atoms with van der Waals surface area (Å²) in [7, 11) is 0. The zero-order chi connectivity index (χ0) is 13.7. The van der Waals surface area contributed by atoms with Crippen LogP contribution in [-0.4, -0.2) is 23.0 Å². The second-order valence-electron chi connectivity index (χ2n) is 4.27. The Morgan fingerprint density at radius 3 is 2.50 bits per heavy atom. The Balaban J connectivity index is 2.60. The van der Waals surface area contributed by atoms with Gasteiger partial charge in [0, 0.05) is 5.92 Å². The number of benzene rings is 1. The Labute approximate surface area is 105 Å². The first-order chi connectivity index (χ1) is 8.41. The molecule has 1 aromatic carbocycles. The molecule has 0 bridgehead atoms. The molecule has 0 spiro atoms. The molecule has 98 valence electrons. The molecule has 0 fully saturated rings. The van der Waals surface area contributed by atoms with Crippen LogP contribution in [0.3, 0.4) is 0 Å². The van der Waals surface area contributed by atoms with Gasteiger partial charge in [0.05, 0.1) is 0 Å². The molecule has 0 aromatic heterocycles. The van der Waals surface area contributed by atoms with Gasteiger partial charge >= 0.3 is 5.97 Å². The van der Waals surface area contributed by atoms with Crippen molar-refractivity contribution in [3.05, 3.63) is 35.6 Å². The van der Waals surface area contributed by atoms with E-state index in [2.05, 4.69) is 5.32 Å². The van der Waals surface area contributed by atoms with Crippen molar-refractivity contribution >= 4 is 11.9 Å². The molecule has 2 N–H and O–H groups in total. The molecule has 0 heterocycles. The molecule has 1 unspecified atom stereocenters. The SMILES string of the molecule is CC(Cc1ccccc1F)C(=O)N[C@H](C)C(=O)O. The maximum atomic E-state index is 13.4. The number of nitrogens with one attached hydrogen (secondary N) is 1. The molecule has 0 aliphatic heterocycles. The monoisotopic (exact) mass is 253 g/mol. The second kappa shape index (κ2) is 6.14. The Hall–Kier alpha value is -1.91. The number of hydrogen-bond donors (Lipinski definition) is 2. The minimum atomic E-state index is -1.10. The first-order valence-corrected chi connectivity index (χ1v) is 5.68. The number of aliphatic carboxylic acids is 1. The van der Waals surface area contributed by atoms with Gasteiger partial charge in [0.2, 0.25) is 5.91 Å². The minimum absolute atomic E-state index is 0.241. The van der Waals surface area contributed by atoms with E-state index >= 15 is 0 Å². The van der Waals surface area contributed by atoms with Crippen LogP contribution in [0.1, 0.15) is 19.4 Å². The van der Waals surface area contributed by atoms with E-state index in [1.54, 1.807) is 25.1 Å². The summed E-state index contributed by atoms with van der Waals surface area (Å²) in [6.07, 6.45) is 0.241. The fourth-order valence-electron chi connectivity index (χ4n) is 1.50. The van der Waals surface area contributed by atoms with Crippen LogP contribution in [0.4, 0.5) is 4.39 Å². The Kier molecular flexibility index (Phi) is 4.83. The molecule has 1 aromatic rings. The van der Waals surface area contributed by atoms with Crippen molar-refractivity contribution in [3.8, 4) is 0 Å². The summed E-state index contributed by atoms with van der Waals surface area (Å²) in [5, 5.41) is 11.0. The molecule has 4 nitrogen and oxygen atoms in total. The van der Waals surface area contributed by atoms with Crippen LogP contribution < -0.4 is 5.32 Å². The number of carboxylic acid groups (broad SMARTS) is 1. The van der Waals surface area contributed by atoms with E-state index in [4.69, 9.17) is 5.11 Å². The van der Waals surface area contributed by atoms with Gasteiger partial charge in [-0.3, -0.25) is 9.59 Å². The highest BCUT2D eigenvalue weighted by atomic mass is 19.1. The number of halogens is 1. The van der Waals surface area contributed by atoms with Crippen molar-refractivity contribution < 1.29 is 19.1 Å². The predicted molar refractivity (Wildman–Crippen MR) is 64.5 cm³/mol. The molecule has 1 rings (SSSR count). The smallest absolute Gasteiger partial charge is 0.325 e. The Morgan fingerprint density at radius 2 is 1.94 bits per heavy atom. The van der Waals surface area contributed by atoms with Gasteiger partial charge < -0.3 is 10.4 Å². The zero-order valence-corrected chi connectivity index (χ0v) is 10.3. The van der Waals surface area contributed by atoms with Crippen molar-refractivity contribution in [2.45, 2.75) is 26.3 Å². The molecule has 1 amide bonds. The molecular formula is C13H16FNO3. The normalized spacial score (nSPS) is 13.7. The third kappa shape index (κ3) is 3.84. The third-order valence-electron chi connectivity index (χ3n) is 2.66. The third-order valence-corrected chi connectivity index (χ3v) is 2.66. The van der Waals surface area contributed by atoms with Crippen LogP contribution in [0, 0.1) is 11.7 Å². The first kappa shape index (κ1) is 14.2. The van der Waals surface area contributed by atoms with Gasteiger partial charge in [0.25, 0.3) is 0 Å². The van der Waals surface area contributed by atoms with Crippen molar-refractivity contribution in [1.82, 2.24) is 5.32 Å². The summed E-state index contributed by atoms with van der Waals surface area (Å²) in [6, 6.07) is 5.28. The number of hydrogen-bond acceptors (Lipinski definition) is 2. The fraction of sp³-hybridized carbons (Fsp3) is 0.385. The van der Waals surface area contributed by atoms with Crippen molar-refractivity contribution in [2.75, 3.05) is 0 Å². The first-order valence-electron chi connectivity index (χ1n) is 5.68. The van der Waals surface area contributed by atoms with Gasteiger partial charge in [-0.05, 0) is 25.0 Å². The summed E-state index contributed by atoms with van der Waals surface area (Å²) < 4.78 is 13.4. The Bertz CT molecular complexity index is 448. The molecule has 0 saturated carbocycles. The van der Waals surface area contributed by atoms with Crippen LogP contribution in [0.25, 0.3) is 0 Å². The highest BCUT2D eigenvalue weighted by Gasteiger charge is 2.19. The number of carbonyl (C=O) groups is 2. The summed E-state index contributed by atoms with van der Waals surface area (Å²) in [5.41, 5.74) is 0.447. The average Bonchev–Trinajstić information content (AvgIpc) is 2.31. The summed E-state index contributed by atoms with van der Waals surface area (Å²) in [6.45, 7) is 3.02. The second-order valence-corrected chi connectivity index (χ2v) is 4.27. The van der Waals surface area contributed by atoms with Gasteiger partial charge in [-0.2, -0.15) is 0 Å². The van der Waals surface area contributed by atoms with Gasteiger partial charge in [-0.25, -0.2) is 4.39 Å². The van der Waals surface area contributed by atoms with E-state index in [0.29, 0.717) is 5.56 Å². The van der Waals surface area contributed by atoms with Gasteiger partial charge in [0.1, 0.15) is 11.9 Å². The average molecular weight is 253 g/mol. The fourth-order valence-corrected chi connectivity index (χ4v) is 1.50. The maximum Gasteiger partial charge on any atom is 0.325 e. The largest absolute Gasteiger partial charge is 0.480 e. The topological polar surface area (TPSA) is 66.4 Å². The van der Waals surface area contributed by atoms with Gasteiger partial charge in [-0.1, -0.05) is 25.1 Å². The highest BCUT2D eigenvalue weighted by molar-refractivity contribution is 5.84. The van der Waals surface area contributed by atoms with Crippen molar-refractivity contribution in [1.29, 1.82) is 0 Å². The van der Waals surface area contributed by atoms with Crippen LogP contribution >= 0.6 is 0 Å². The molecule has 0 aliphatic rings. The molecular weight excluding hydrogens is 237 g/mol. The number of carbonyl (C=O) groups excluding carboxylic acids is 1. The molecule has 0 saturated heterocycles. The minimum Gasteiger partial charge on any atom is -0.480 e. The molecule has 2 atom stereocenters. The van der Waals surface area contributed by atoms with Gasteiger partial charge in [0.15, 0.2) is 0 Å². The van der Waals surface area contributed by atoms with Gasteiger partial charge in [-0.15, -0.1) is 0 Å². The van der Waals surface area contributed by atoms with E-state index in [-0.39, 0.29) is 12.2 Å². The van der Waals surface area contributed by atoms with E-state index in [1.165, 1.54) is 13.0 Å². The summed E-state index contributed by atoms with van der Waals surface area (Å²) in [4.78, 5) is 22.3. The highest BCUT2D eigenvalue weighted by Crippen LogP contribution is 2.12. The lowest BCUT2D eigenvalue weighted by Crippen LogP contribution is -2.41.